The number of rotatable bonds is 2. The van der Waals surface area contributed by atoms with Crippen LogP contribution in [0.1, 0.15) is 5.56 Å². The molecular formula is C15H12BrFN4. The van der Waals surface area contributed by atoms with E-state index in [0.29, 0.717) is 27.4 Å². The summed E-state index contributed by atoms with van der Waals surface area (Å²) in [5.74, 6) is 0.687. The van der Waals surface area contributed by atoms with Crippen molar-refractivity contribution in [3.05, 3.63) is 52.3 Å². The SMILES string of the molecule is Cc1ccc(-c2nc(-c3cc(F)cc(Br)c3)n[nH]2)cc1N. The van der Waals surface area contributed by atoms with Crippen LogP contribution in [0.25, 0.3) is 22.8 Å². The van der Waals surface area contributed by atoms with Crippen molar-refractivity contribution in [2.24, 2.45) is 0 Å². The fourth-order valence-electron chi connectivity index (χ4n) is 1.99. The quantitative estimate of drug-likeness (QED) is 0.690. The van der Waals surface area contributed by atoms with Gasteiger partial charge in [0.2, 0.25) is 0 Å². The zero-order chi connectivity index (χ0) is 15.0. The lowest BCUT2D eigenvalue weighted by Gasteiger charge is -2.01. The molecule has 3 aromatic rings. The molecule has 0 bridgehead atoms. The van der Waals surface area contributed by atoms with E-state index in [1.165, 1.54) is 12.1 Å². The van der Waals surface area contributed by atoms with E-state index in [9.17, 15) is 4.39 Å². The van der Waals surface area contributed by atoms with Crippen molar-refractivity contribution in [1.82, 2.24) is 15.2 Å². The Morgan fingerprint density at radius 1 is 1.14 bits per heavy atom. The van der Waals surface area contributed by atoms with Gasteiger partial charge in [-0.2, -0.15) is 5.10 Å². The Labute approximate surface area is 129 Å². The van der Waals surface area contributed by atoms with Crippen LogP contribution in [0.3, 0.4) is 0 Å². The number of nitrogen functional groups attached to an aromatic ring is 1. The van der Waals surface area contributed by atoms with E-state index in [2.05, 4.69) is 31.1 Å². The summed E-state index contributed by atoms with van der Waals surface area (Å²) in [6.07, 6.45) is 0. The number of benzene rings is 2. The van der Waals surface area contributed by atoms with Gasteiger partial charge in [-0.25, -0.2) is 9.37 Å². The third-order valence-corrected chi connectivity index (χ3v) is 3.62. The fourth-order valence-corrected chi connectivity index (χ4v) is 2.46. The average molecular weight is 347 g/mol. The highest BCUT2D eigenvalue weighted by Crippen LogP contribution is 2.25. The van der Waals surface area contributed by atoms with Crippen molar-refractivity contribution in [3.8, 4) is 22.8 Å². The molecular weight excluding hydrogens is 335 g/mol. The van der Waals surface area contributed by atoms with Gasteiger partial charge in [0.1, 0.15) is 5.82 Å². The maximum absolute atomic E-state index is 13.4. The summed E-state index contributed by atoms with van der Waals surface area (Å²) in [4.78, 5) is 4.39. The van der Waals surface area contributed by atoms with E-state index >= 15 is 0 Å². The largest absolute Gasteiger partial charge is 0.398 e. The van der Waals surface area contributed by atoms with Crippen LogP contribution in [-0.2, 0) is 0 Å². The first-order valence-electron chi connectivity index (χ1n) is 6.28. The first kappa shape index (κ1) is 13.8. The zero-order valence-corrected chi connectivity index (χ0v) is 12.8. The summed E-state index contributed by atoms with van der Waals surface area (Å²) < 4.78 is 14.1. The Hall–Kier alpha value is -2.21. The zero-order valence-electron chi connectivity index (χ0n) is 11.2. The number of aromatic amines is 1. The normalized spacial score (nSPS) is 10.8. The lowest BCUT2D eigenvalue weighted by Crippen LogP contribution is -1.90. The molecule has 0 amide bonds. The van der Waals surface area contributed by atoms with Gasteiger partial charge >= 0.3 is 0 Å². The third-order valence-electron chi connectivity index (χ3n) is 3.16. The number of nitrogens with one attached hydrogen (secondary N) is 1. The van der Waals surface area contributed by atoms with Crippen LogP contribution in [0.2, 0.25) is 0 Å². The van der Waals surface area contributed by atoms with Crippen LogP contribution in [0.5, 0.6) is 0 Å². The van der Waals surface area contributed by atoms with E-state index in [-0.39, 0.29) is 5.82 Å². The van der Waals surface area contributed by atoms with E-state index < -0.39 is 0 Å². The van der Waals surface area contributed by atoms with Crippen LogP contribution < -0.4 is 5.73 Å². The Morgan fingerprint density at radius 3 is 2.67 bits per heavy atom. The lowest BCUT2D eigenvalue weighted by molar-refractivity contribution is 0.627. The van der Waals surface area contributed by atoms with Crippen molar-refractivity contribution >= 4 is 21.6 Å². The molecule has 1 heterocycles. The smallest absolute Gasteiger partial charge is 0.181 e. The first-order chi connectivity index (χ1) is 10.0. The molecule has 21 heavy (non-hydrogen) atoms. The van der Waals surface area contributed by atoms with Crippen LogP contribution >= 0.6 is 15.9 Å². The second-order valence-corrected chi connectivity index (χ2v) is 5.65. The highest BCUT2D eigenvalue weighted by molar-refractivity contribution is 9.10. The molecule has 106 valence electrons. The Morgan fingerprint density at radius 2 is 1.95 bits per heavy atom. The van der Waals surface area contributed by atoms with Crippen LogP contribution in [0.4, 0.5) is 10.1 Å². The summed E-state index contributed by atoms with van der Waals surface area (Å²) >= 11 is 3.26. The van der Waals surface area contributed by atoms with Gasteiger partial charge in [-0.05, 0) is 36.8 Å². The van der Waals surface area contributed by atoms with Crippen molar-refractivity contribution in [1.29, 1.82) is 0 Å². The number of aryl methyl sites for hydroxylation is 1. The van der Waals surface area contributed by atoms with E-state index in [1.54, 1.807) is 6.07 Å². The molecule has 0 radical (unpaired) electrons. The number of H-pyrrole nitrogens is 1. The van der Waals surface area contributed by atoms with Crippen LogP contribution in [0, 0.1) is 12.7 Å². The molecule has 6 heteroatoms. The Balaban J connectivity index is 2.01. The monoisotopic (exact) mass is 346 g/mol. The van der Waals surface area contributed by atoms with Crippen LogP contribution in [0.15, 0.2) is 40.9 Å². The molecule has 0 aliphatic carbocycles. The van der Waals surface area contributed by atoms with Gasteiger partial charge in [0.05, 0.1) is 0 Å². The minimum Gasteiger partial charge on any atom is -0.398 e. The molecule has 0 spiro atoms. The molecule has 0 aliphatic rings. The standard InChI is InChI=1S/C15H12BrFN4/c1-8-2-3-9(6-13(8)18)14-19-15(21-20-14)10-4-11(16)7-12(17)5-10/h2-7H,18H2,1H3,(H,19,20,21). The lowest BCUT2D eigenvalue weighted by atomic mass is 10.1. The number of halogens is 2. The highest BCUT2D eigenvalue weighted by Gasteiger charge is 2.10. The number of hydrogen-bond acceptors (Lipinski definition) is 3. The topological polar surface area (TPSA) is 67.6 Å². The summed E-state index contributed by atoms with van der Waals surface area (Å²) in [6.45, 7) is 1.94. The molecule has 0 fully saturated rings. The molecule has 0 atom stereocenters. The van der Waals surface area contributed by atoms with Crippen molar-refractivity contribution < 1.29 is 4.39 Å². The number of nitrogens with two attached hydrogens (primary N) is 1. The van der Waals surface area contributed by atoms with E-state index in [1.807, 2.05) is 25.1 Å². The van der Waals surface area contributed by atoms with Gasteiger partial charge in [-0.1, -0.05) is 28.1 Å². The molecule has 3 rings (SSSR count). The van der Waals surface area contributed by atoms with Gasteiger partial charge in [-0.15, -0.1) is 0 Å². The maximum Gasteiger partial charge on any atom is 0.181 e. The summed E-state index contributed by atoms with van der Waals surface area (Å²) in [5, 5.41) is 6.98. The van der Waals surface area contributed by atoms with Gasteiger partial charge in [0.15, 0.2) is 11.6 Å². The van der Waals surface area contributed by atoms with Gasteiger partial charge < -0.3 is 5.73 Å². The van der Waals surface area contributed by atoms with Gasteiger partial charge in [0.25, 0.3) is 0 Å². The fraction of sp³-hybridized carbons (Fsp3) is 0.0667. The van der Waals surface area contributed by atoms with Crippen molar-refractivity contribution in [2.75, 3.05) is 5.73 Å². The minimum absolute atomic E-state index is 0.342. The van der Waals surface area contributed by atoms with E-state index in [0.717, 1.165) is 11.1 Å². The van der Waals surface area contributed by atoms with Crippen molar-refractivity contribution in [3.63, 3.8) is 0 Å². The average Bonchev–Trinajstić information content (AvgIpc) is 2.90. The number of anilines is 1. The molecule has 0 unspecified atom stereocenters. The first-order valence-corrected chi connectivity index (χ1v) is 7.07. The highest BCUT2D eigenvalue weighted by atomic mass is 79.9. The Bertz CT molecular complexity index is 793. The molecule has 1 aromatic heterocycles. The van der Waals surface area contributed by atoms with Crippen LogP contribution in [-0.4, -0.2) is 15.2 Å². The number of nitrogens with zero attached hydrogens (tertiary/aromatic N) is 2. The summed E-state index contributed by atoms with van der Waals surface area (Å²) in [6, 6.07) is 10.2. The van der Waals surface area contributed by atoms with Gasteiger partial charge in [0, 0.05) is 21.3 Å². The Kier molecular flexibility index (Phi) is 3.47. The maximum atomic E-state index is 13.4. The van der Waals surface area contributed by atoms with Crippen molar-refractivity contribution in [2.45, 2.75) is 6.92 Å². The van der Waals surface area contributed by atoms with E-state index in [4.69, 9.17) is 5.73 Å². The van der Waals surface area contributed by atoms with Gasteiger partial charge in [-0.3, -0.25) is 5.10 Å². The number of aromatic nitrogens is 3. The summed E-state index contributed by atoms with van der Waals surface area (Å²) in [5.41, 5.74) is 9.04. The predicted molar refractivity (Wildman–Crippen MR) is 84.1 cm³/mol. The second-order valence-electron chi connectivity index (χ2n) is 4.74. The molecule has 0 saturated carbocycles. The minimum atomic E-state index is -0.342. The molecule has 3 N–H and O–H groups in total. The summed E-state index contributed by atoms with van der Waals surface area (Å²) in [7, 11) is 0. The molecule has 0 saturated heterocycles. The third kappa shape index (κ3) is 2.80. The predicted octanol–water partition coefficient (Wildman–Crippen LogP) is 3.93. The molecule has 0 aliphatic heterocycles. The molecule has 2 aromatic carbocycles. The molecule has 4 nitrogen and oxygen atoms in total. The number of hydrogen-bond donors (Lipinski definition) is 2. The second kappa shape index (κ2) is 5.29.